The number of rotatable bonds is 4. The number of carbonyl (C=O) groups is 1. The highest BCUT2D eigenvalue weighted by atomic mass is 35.5. The standard InChI is InChI=1S/C23H26N4O.ClH/c1-16-9-10-20(17(2)13-16)22-21(23(28)26(3)19-11-12-24-14-19)15-27(25-22)18-7-5-4-6-8-18;/h4-10,13,15,19,24H,11-12,14H2,1-3H3;1H. The number of benzene rings is 2. The van der Waals surface area contributed by atoms with Gasteiger partial charge in [-0.1, -0.05) is 42.0 Å². The van der Waals surface area contributed by atoms with Gasteiger partial charge < -0.3 is 10.2 Å². The number of hydrogen-bond acceptors (Lipinski definition) is 3. The van der Waals surface area contributed by atoms with E-state index in [4.69, 9.17) is 5.10 Å². The van der Waals surface area contributed by atoms with Crippen LogP contribution < -0.4 is 5.32 Å². The van der Waals surface area contributed by atoms with E-state index in [1.54, 1.807) is 0 Å². The van der Waals surface area contributed by atoms with Gasteiger partial charge in [0.2, 0.25) is 0 Å². The van der Waals surface area contributed by atoms with Crippen LogP contribution in [0.4, 0.5) is 0 Å². The van der Waals surface area contributed by atoms with Crippen molar-refractivity contribution in [2.75, 3.05) is 20.1 Å². The zero-order chi connectivity index (χ0) is 19.7. The minimum absolute atomic E-state index is 0. The van der Waals surface area contributed by atoms with Crippen LogP contribution in [0.25, 0.3) is 16.9 Å². The van der Waals surface area contributed by atoms with Crippen LogP contribution in [0.3, 0.4) is 0 Å². The average molecular weight is 411 g/mol. The molecule has 1 fully saturated rings. The fourth-order valence-electron chi connectivity index (χ4n) is 3.85. The van der Waals surface area contributed by atoms with E-state index in [1.807, 2.05) is 53.2 Å². The van der Waals surface area contributed by atoms with Crippen LogP contribution in [0, 0.1) is 13.8 Å². The van der Waals surface area contributed by atoms with E-state index >= 15 is 0 Å². The normalized spacial score (nSPS) is 15.8. The Morgan fingerprint density at radius 3 is 2.59 bits per heavy atom. The minimum atomic E-state index is 0. The van der Waals surface area contributed by atoms with Crippen LogP contribution >= 0.6 is 12.4 Å². The fraction of sp³-hybridized carbons (Fsp3) is 0.304. The molecule has 29 heavy (non-hydrogen) atoms. The van der Waals surface area contributed by atoms with Gasteiger partial charge in [0.05, 0.1) is 11.3 Å². The zero-order valence-electron chi connectivity index (χ0n) is 17.1. The van der Waals surface area contributed by atoms with Crippen molar-refractivity contribution in [1.29, 1.82) is 0 Å². The largest absolute Gasteiger partial charge is 0.337 e. The predicted molar refractivity (Wildman–Crippen MR) is 119 cm³/mol. The van der Waals surface area contributed by atoms with E-state index in [2.05, 4.69) is 37.4 Å². The first kappa shape index (κ1) is 21.1. The number of likely N-dealkylation sites (N-methyl/N-ethyl adjacent to an activating group) is 1. The lowest BCUT2D eigenvalue weighted by Gasteiger charge is -2.23. The highest BCUT2D eigenvalue weighted by Gasteiger charge is 2.28. The van der Waals surface area contributed by atoms with Crippen molar-refractivity contribution in [2.45, 2.75) is 26.3 Å². The molecule has 3 aromatic rings. The molecule has 1 amide bonds. The number of carbonyl (C=O) groups excluding carboxylic acids is 1. The first-order valence-corrected chi connectivity index (χ1v) is 9.75. The summed E-state index contributed by atoms with van der Waals surface area (Å²) in [5.74, 6) is 0.0193. The molecule has 1 atom stereocenters. The lowest BCUT2D eigenvalue weighted by Crippen LogP contribution is -2.38. The van der Waals surface area contributed by atoms with Crippen LogP contribution in [0.1, 0.15) is 27.9 Å². The number of nitrogens with zero attached hydrogens (tertiary/aromatic N) is 3. The monoisotopic (exact) mass is 410 g/mol. The van der Waals surface area contributed by atoms with Gasteiger partial charge >= 0.3 is 0 Å². The molecule has 0 bridgehead atoms. The fourth-order valence-corrected chi connectivity index (χ4v) is 3.85. The molecule has 0 radical (unpaired) electrons. The molecule has 1 saturated heterocycles. The Kier molecular flexibility index (Phi) is 6.40. The number of amides is 1. The summed E-state index contributed by atoms with van der Waals surface area (Å²) in [6, 6.07) is 16.4. The van der Waals surface area contributed by atoms with E-state index in [0.717, 1.165) is 42.0 Å². The third kappa shape index (κ3) is 4.21. The summed E-state index contributed by atoms with van der Waals surface area (Å²) < 4.78 is 1.81. The van der Waals surface area contributed by atoms with E-state index in [-0.39, 0.29) is 24.4 Å². The van der Waals surface area contributed by atoms with Gasteiger partial charge in [-0.05, 0) is 44.5 Å². The number of hydrogen-bond donors (Lipinski definition) is 1. The molecule has 4 rings (SSSR count). The molecule has 0 spiro atoms. The van der Waals surface area contributed by atoms with E-state index in [1.165, 1.54) is 5.56 Å². The first-order valence-electron chi connectivity index (χ1n) is 9.75. The third-order valence-corrected chi connectivity index (χ3v) is 5.50. The van der Waals surface area contributed by atoms with Gasteiger partial charge in [-0.25, -0.2) is 4.68 Å². The molecule has 5 nitrogen and oxygen atoms in total. The van der Waals surface area contributed by atoms with E-state index in [9.17, 15) is 4.79 Å². The van der Waals surface area contributed by atoms with Gasteiger partial charge in [-0.3, -0.25) is 4.79 Å². The summed E-state index contributed by atoms with van der Waals surface area (Å²) in [5.41, 5.74) is 5.65. The van der Waals surface area contributed by atoms with Crippen molar-refractivity contribution in [3.05, 3.63) is 71.4 Å². The molecule has 1 aromatic heterocycles. The van der Waals surface area contributed by atoms with Gasteiger partial charge in [0, 0.05) is 31.4 Å². The number of para-hydroxylation sites is 1. The molecule has 6 heteroatoms. The van der Waals surface area contributed by atoms with Crippen LogP contribution in [0.15, 0.2) is 54.7 Å². The van der Waals surface area contributed by atoms with Gasteiger partial charge in [0.15, 0.2) is 0 Å². The molecule has 1 N–H and O–H groups in total. The average Bonchev–Trinajstić information content (AvgIpc) is 3.38. The maximum absolute atomic E-state index is 13.4. The Labute approximate surface area is 178 Å². The Bertz CT molecular complexity index is 993. The van der Waals surface area contributed by atoms with Crippen molar-refractivity contribution in [3.8, 4) is 16.9 Å². The molecule has 2 aromatic carbocycles. The number of halogens is 1. The van der Waals surface area contributed by atoms with Crippen LogP contribution in [-0.2, 0) is 0 Å². The number of nitrogens with one attached hydrogen (secondary N) is 1. The second-order valence-corrected chi connectivity index (χ2v) is 7.55. The van der Waals surface area contributed by atoms with Crippen molar-refractivity contribution < 1.29 is 4.79 Å². The highest BCUT2D eigenvalue weighted by molar-refractivity contribution is 6.00. The second-order valence-electron chi connectivity index (χ2n) is 7.55. The molecule has 152 valence electrons. The van der Waals surface area contributed by atoms with Gasteiger partial charge in [-0.15, -0.1) is 12.4 Å². The molecular formula is C23H27ClN4O. The van der Waals surface area contributed by atoms with Crippen LogP contribution in [-0.4, -0.2) is 46.8 Å². The van der Waals surface area contributed by atoms with Gasteiger partial charge in [0.1, 0.15) is 5.69 Å². The Balaban J connectivity index is 0.00000240. The summed E-state index contributed by atoms with van der Waals surface area (Å²) in [6.45, 7) is 5.94. The Hall–Kier alpha value is -2.63. The second kappa shape index (κ2) is 8.80. The third-order valence-electron chi connectivity index (χ3n) is 5.50. The van der Waals surface area contributed by atoms with Gasteiger partial charge in [-0.2, -0.15) is 5.10 Å². The Morgan fingerprint density at radius 2 is 1.93 bits per heavy atom. The maximum Gasteiger partial charge on any atom is 0.257 e. The smallest absolute Gasteiger partial charge is 0.257 e. The van der Waals surface area contributed by atoms with Crippen molar-refractivity contribution >= 4 is 18.3 Å². The number of aryl methyl sites for hydroxylation is 2. The molecular weight excluding hydrogens is 384 g/mol. The first-order chi connectivity index (χ1) is 13.5. The maximum atomic E-state index is 13.4. The summed E-state index contributed by atoms with van der Waals surface area (Å²) >= 11 is 0. The van der Waals surface area contributed by atoms with Crippen molar-refractivity contribution in [1.82, 2.24) is 20.0 Å². The van der Waals surface area contributed by atoms with E-state index < -0.39 is 0 Å². The molecule has 1 unspecified atom stereocenters. The summed E-state index contributed by atoms with van der Waals surface area (Å²) in [7, 11) is 1.89. The van der Waals surface area contributed by atoms with E-state index in [0.29, 0.717) is 5.56 Å². The Morgan fingerprint density at radius 1 is 1.17 bits per heavy atom. The topological polar surface area (TPSA) is 50.2 Å². The van der Waals surface area contributed by atoms with Crippen LogP contribution in [0.5, 0.6) is 0 Å². The lowest BCUT2D eigenvalue weighted by atomic mass is 10.00. The quantitative estimate of drug-likeness (QED) is 0.706. The molecule has 0 aliphatic carbocycles. The van der Waals surface area contributed by atoms with Crippen molar-refractivity contribution in [2.24, 2.45) is 0 Å². The molecule has 1 aliphatic rings. The molecule has 1 aliphatic heterocycles. The SMILES string of the molecule is Cc1ccc(-c2nn(-c3ccccc3)cc2C(=O)N(C)C2CCNC2)c(C)c1.Cl. The summed E-state index contributed by atoms with van der Waals surface area (Å²) in [6.07, 6.45) is 2.85. The number of aromatic nitrogens is 2. The highest BCUT2D eigenvalue weighted by Crippen LogP contribution is 2.29. The summed E-state index contributed by atoms with van der Waals surface area (Å²) in [5, 5.41) is 8.16. The predicted octanol–water partition coefficient (Wildman–Crippen LogP) is 4.01. The lowest BCUT2D eigenvalue weighted by molar-refractivity contribution is 0.0744. The molecule has 2 heterocycles. The van der Waals surface area contributed by atoms with Gasteiger partial charge in [0.25, 0.3) is 5.91 Å². The zero-order valence-corrected chi connectivity index (χ0v) is 17.9. The van der Waals surface area contributed by atoms with Crippen LogP contribution in [0.2, 0.25) is 0 Å². The van der Waals surface area contributed by atoms with Crippen molar-refractivity contribution in [3.63, 3.8) is 0 Å². The molecule has 0 saturated carbocycles. The summed E-state index contributed by atoms with van der Waals surface area (Å²) in [4.78, 5) is 15.3. The minimum Gasteiger partial charge on any atom is -0.337 e.